The molecule has 0 aliphatic rings. The van der Waals surface area contributed by atoms with E-state index in [-0.39, 0.29) is 5.28 Å². The molecule has 0 bridgehead atoms. The van der Waals surface area contributed by atoms with E-state index in [1.165, 1.54) is 23.1 Å². The number of thiophene rings is 1. The number of aryl methyl sites for hydroxylation is 1. The lowest BCUT2D eigenvalue weighted by Crippen LogP contribution is -1.94. The van der Waals surface area contributed by atoms with Gasteiger partial charge in [0, 0.05) is 12.4 Å². The van der Waals surface area contributed by atoms with Crippen LogP contribution in [0.3, 0.4) is 0 Å². The van der Waals surface area contributed by atoms with Crippen molar-refractivity contribution in [2.45, 2.75) is 10.2 Å². The molecular formula is C8H5ClN6S2. The van der Waals surface area contributed by atoms with E-state index in [9.17, 15) is 0 Å². The summed E-state index contributed by atoms with van der Waals surface area (Å²) >= 11 is 8.77. The first-order valence-corrected chi connectivity index (χ1v) is 6.62. The van der Waals surface area contributed by atoms with Gasteiger partial charge < -0.3 is 0 Å². The van der Waals surface area contributed by atoms with Crippen LogP contribution in [0.1, 0.15) is 0 Å². The third kappa shape index (κ3) is 1.99. The summed E-state index contributed by atoms with van der Waals surface area (Å²) in [4.78, 5) is 9.22. The molecule has 0 saturated carbocycles. The van der Waals surface area contributed by atoms with Crippen molar-refractivity contribution in [2.75, 3.05) is 0 Å². The lowest BCUT2D eigenvalue weighted by atomic mass is 10.4. The Kier molecular flexibility index (Phi) is 2.69. The minimum Gasteiger partial charge on any atom is -0.223 e. The molecule has 0 aliphatic carbocycles. The average Bonchev–Trinajstić information content (AvgIpc) is 2.88. The molecule has 9 heteroatoms. The molecule has 0 aliphatic heterocycles. The molecule has 0 aromatic carbocycles. The monoisotopic (exact) mass is 284 g/mol. The molecule has 3 heterocycles. The largest absolute Gasteiger partial charge is 0.224 e. The predicted octanol–water partition coefficient (Wildman–Crippen LogP) is 2.02. The number of fused-ring (bicyclic) bond motifs is 1. The first-order valence-electron chi connectivity index (χ1n) is 4.55. The van der Waals surface area contributed by atoms with Gasteiger partial charge >= 0.3 is 0 Å². The molecule has 3 aromatic heterocycles. The third-order valence-corrected chi connectivity index (χ3v) is 4.04. The summed E-state index contributed by atoms with van der Waals surface area (Å²) in [5.74, 6) is 0. The highest BCUT2D eigenvalue weighted by Crippen LogP contribution is 2.32. The van der Waals surface area contributed by atoms with E-state index in [0.717, 1.165) is 15.2 Å². The fraction of sp³-hybridized carbons (Fsp3) is 0.125. The van der Waals surface area contributed by atoms with Crippen molar-refractivity contribution in [1.29, 1.82) is 0 Å². The molecule has 0 atom stereocenters. The maximum Gasteiger partial charge on any atom is 0.224 e. The SMILES string of the molecule is Cn1nnnc1Sc1nc(Cl)nc2sccc12. The van der Waals surface area contributed by atoms with Gasteiger partial charge in [-0.15, -0.1) is 16.4 Å². The zero-order valence-corrected chi connectivity index (χ0v) is 10.9. The number of halogens is 1. The second-order valence-electron chi connectivity index (χ2n) is 3.12. The van der Waals surface area contributed by atoms with Crippen LogP contribution in [-0.4, -0.2) is 30.2 Å². The smallest absolute Gasteiger partial charge is 0.223 e. The van der Waals surface area contributed by atoms with Crippen molar-refractivity contribution < 1.29 is 0 Å². The van der Waals surface area contributed by atoms with Crippen LogP contribution < -0.4 is 0 Å². The van der Waals surface area contributed by atoms with E-state index in [0.29, 0.717) is 5.16 Å². The first-order chi connectivity index (χ1) is 8.24. The predicted molar refractivity (Wildman–Crippen MR) is 65.3 cm³/mol. The maximum atomic E-state index is 5.87. The van der Waals surface area contributed by atoms with Gasteiger partial charge in [0.25, 0.3) is 0 Å². The van der Waals surface area contributed by atoms with E-state index in [1.807, 2.05) is 11.4 Å². The third-order valence-electron chi connectivity index (χ3n) is 2.03. The Morgan fingerprint density at radius 2 is 2.29 bits per heavy atom. The molecule has 3 aromatic rings. The van der Waals surface area contributed by atoms with Gasteiger partial charge in [0.2, 0.25) is 10.4 Å². The highest BCUT2D eigenvalue weighted by atomic mass is 35.5. The molecule has 0 radical (unpaired) electrons. The summed E-state index contributed by atoms with van der Waals surface area (Å²) in [6.45, 7) is 0. The fourth-order valence-corrected chi connectivity index (χ4v) is 3.20. The Hall–Kier alpha value is -1.25. The molecule has 6 nitrogen and oxygen atoms in total. The van der Waals surface area contributed by atoms with Crippen molar-refractivity contribution in [1.82, 2.24) is 30.2 Å². The van der Waals surface area contributed by atoms with Gasteiger partial charge in [-0.25, -0.2) is 14.6 Å². The Labute approximate surface area is 109 Å². The summed E-state index contributed by atoms with van der Waals surface area (Å²) in [6, 6.07) is 1.96. The van der Waals surface area contributed by atoms with Crippen LogP contribution >= 0.6 is 34.7 Å². The number of hydrogen-bond donors (Lipinski definition) is 0. The maximum absolute atomic E-state index is 5.87. The van der Waals surface area contributed by atoms with Crippen LogP contribution in [0.5, 0.6) is 0 Å². The Morgan fingerprint density at radius 1 is 1.41 bits per heavy atom. The molecule has 17 heavy (non-hydrogen) atoms. The second-order valence-corrected chi connectivity index (χ2v) is 5.31. The lowest BCUT2D eigenvalue weighted by molar-refractivity contribution is 0.664. The topological polar surface area (TPSA) is 69.4 Å². The number of aromatic nitrogens is 6. The van der Waals surface area contributed by atoms with Crippen molar-refractivity contribution in [3.8, 4) is 0 Å². The zero-order valence-electron chi connectivity index (χ0n) is 8.53. The first kappa shape index (κ1) is 10.9. The number of rotatable bonds is 2. The van der Waals surface area contributed by atoms with Gasteiger partial charge in [-0.2, -0.15) is 0 Å². The van der Waals surface area contributed by atoms with Gasteiger partial charge in [-0.3, -0.25) is 0 Å². The number of hydrogen-bond acceptors (Lipinski definition) is 7. The van der Waals surface area contributed by atoms with Crippen molar-refractivity contribution in [3.63, 3.8) is 0 Å². The quantitative estimate of drug-likeness (QED) is 0.530. The van der Waals surface area contributed by atoms with Crippen LogP contribution in [0.2, 0.25) is 5.28 Å². The van der Waals surface area contributed by atoms with E-state index in [4.69, 9.17) is 11.6 Å². The van der Waals surface area contributed by atoms with Gasteiger partial charge in [0.05, 0.1) is 0 Å². The van der Waals surface area contributed by atoms with Crippen LogP contribution in [0.4, 0.5) is 0 Å². The van der Waals surface area contributed by atoms with E-state index < -0.39 is 0 Å². The Bertz CT molecular complexity index is 678. The summed E-state index contributed by atoms with van der Waals surface area (Å²) in [6.07, 6.45) is 0. The van der Waals surface area contributed by atoms with E-state index >= 15 is 0 Å². The van der Waals surface area contributed by atoms with Crippen molar-refractivity contribution in [2.24, 2.45) is 7.05 Å². The molecule has 3 rings (SSSR count). The molecule has 0 saturated heterocycles. The fourth-order valence-electron chi connectivity index (χ4n) is 1.28. The van der Waals surface area contributed by atoms with E-state index in [2.05, 4.69) is 25.5 Å². The summed E-state index contributed by atoms with van der Waals surface area (Å²) in [5.41, 5.74) is 0. The minimum atomic E-state index is 0.234. The molecule has 0 amide bonds. The highest BCUT2D eigenvalue weighted by Gasteiger charge is 2.12. The van der Waals surface area contributed by atoms with Gasteiger partial charge in [-0.1, -0.05) is 0 Å². The normalized spacial score (nSPS) is 11.2. The van der Waals surface area contributed by atoms with Crippen molar-refractivity contribution in [3.05, 3.63) is 16.7 Å². The molecule has 0 unspecified atom stereocenters. The lowest BCUT2D eigenvalue weighted by Gasteiger charge is -2.00. The van der Waals surface area contributed by atoms with Gasteiger partial charge in [0.1, 0.15) is 9.86 Å². The molecular weight excluding hydrogens is 280 g/mol. The summed E-state index contributed by atoms with van der Waals surface area (Å²) < 4.78 is 1.58. The molecule has 0 fully saturated rings. The summed E-state index contributed by atoms with van der Waals surface area (Å²) in [7, 11) is 1.77. The van der Waals surface area contributed by atoms with Crippen LogP contribution in [-0.2, 0) is 7.05 Å². The second kappa shape index (κ2) is 4.21. The minimum absolute atomic E-state index is 0.234. The van der Waals surface area contributed by atoms with Gasteiger partial charge in [-0.05, 0) is 45.2 Å². The van der Waals surface area contributed by atoms with Crippen LogP contribution in [0, 0.1) is 0 Å². The summed E-state index contributed by atoms with van der Waals surface area (Å²) in [5, 5.41) is 15.8. The Balaban J connectivity index is 2.11. The molecule has 86 valence electrons. The zero-order chi connectivity index (χ0) is 11.8. The molecule has 0 spiro atoms. The Morgan fingerprint density at radius 3 is 3.06 bits per heavy atom. The number of tetrazole rings is 1. The van der Waals surface area contributed by atoms with E-state index in [1.54, 1.807) is 11.7 Å². The average molecular weight is 285 g/mol. The highest BCUT2D eigenvalue weighted by molar-refractivity contribution is 7.99. The van der Waals surface area contributed by atoms with Crippen molar-refractivity contribution >= 4 is 44.9 Å². The van der Waals surface area contributed by atoms with Crippen LogP contribution in [0.25, 0.3) is 10.2 Å². The van der Waals surface area contributed by atoms with Gasteiger partial charge in [0.15, 0.2) is 0 Å². The molecule has 0 N–H and O–H groups in total. The standard InChI is InChI=1S/C8H5ClN6S2/c1-15-8(12-13-14-15)17-6-4-2-3-16-5(4)10-7(9)11-6/h2-3H,1H3. The number of nitrogens with zero attached hydrogens (tertiary/aromatic N) is 6. The van der Waals surface area contributed by atoms with Crippen LogP contribution in [0.15, 0.2) is 21.6 Å².